The van der Waals surface area contributed by atoms with E-state index in [1.807, 2.05) is 6.92 Å². The van der Waals surface area contributed by atoms with Gasteiger partial charge in [0, 0.05) is 6.42 Å². The Morgan fingerprint density at radius 3 is 2.93 bits per heavy atom. The summed E-state index contributed by atoms with van der Waals surface area (Å²) in [5, 5.41) is 3.10. The highest BCUT2D eigenvalue weighted by atomic mass is 35.5. The maximum Gasteiger partial charge on any atom is 0.225 e. The summed E-state index contributed by atoms with van der Waals surface area (Å²) in [5.74, 6) is 0.888. The van der Waals surface area contributed by atoms with E-state index in [-0.39, 0.29) is 5.91 Å². The first-order valence-electron chi connectivity index (χ1n) is 5.04. The number of amides is 1. The van der Waals surface area contributed by atoms with Gasteiger partial charge < -0.3 is 5.32 Å². The van der Waals surface area contributed by atoms with E-state index in [4.69, 9.17) is 11.6 Å². The van der Waals surface area contributed by atoms with Crippen molar-refractivity contribution in [2.45, 2.75) is 26.7 Å². The summed E-state index contributed by atoms with van der Waals surface area (Å²) in [4.78, 5) is 15.5. The molecule has 0 aliphatic heterocycles. The average molecular weight is 227 g/mol. The van der Waals surface area contributed by atoms with Gasteiger partial charge in [-0.1, -0.05) is 37.9 Å². The molecular weight excluding hydrogens is 212 g/mol. The smallest absolute Gasteiger partial charge is 0.225 e. The normalized spacial score (nSPS) is 12.2. The minimum atomic E-state index is -0.0147. The number of hydrogen-bond acceptors (Lipinski definition) is 2. The standard InChI is InChI=1S/C11H15ClN2O/c1-3-8(2)7-11(15)14-10-6-4-5-9(12)13-10/h4-6,8H,3,7H2,1-2H3,(H,13,14,15). The molecule has 1 atom stereocenters. The molecule has 1 rings (SSSR count). The largest absolute Gasteiger partial charge is 0.311 e. The Balaban J connectivity index is 2.51. The highest BCUT2D eigenvalue weighted by molar-refractivity contribution is 6.29. The molecule has 1 unspecified atom stereocenters. The Morgan fingerprint density at radius 2 is 2.33 bits per heavy atom. The second-order valence-corrected chi connectivity index (χ2v) is 4.00. The Kier molecular flexibility index (Phi) is 4.56. The van der Waals surface area contributed by atoms with Crippen molar-refractivity contribution in [2.75, 3.05) is 5.32 Å². The molecule has 0 saturated heterocycles. The van der Waals surface area contributed by atoms with Crippen LogP contribution in [0, 0.1) is 5.92 Å². The zero-order chi connectivity index (χ0) is 11.3. The van der Waals surface area contributed by atoms with E-state index in [0.717, 1.165) is 6.42 Å². The highest BCUT2D eigenvalue weighted by Gasteiger charge is 2.07. The van der Waals surface area contributed by atoms with Gasteiger partial charge in [0.05, 0.1) is 0 Å². The van der Waals surface area contributed by atoms with Gasteiger partial charge in [-0.3, -0.25) is 4.79 Å². The molecule has 15 heavy (non-hydrogen) atoms. The molecule has 0 aliphatic rings. The monoisotopic (exact) mass is 226 g/mol. The molecule has 0 saturated carbocycles. The number of carbonyl (C=O) groups is 1. The van der Waals surface area contributed by atoms with Gasteiger partial charge in [-0.15, -0.1) is 0 Å². The summed E-state index contributed by atoms with van der Waals surface area (Å²) in [7, 11) is 0. The summed E-state index contributed by atoms with van der Waals surface area (Å²) < 4.78 is 0. The van der Waals surface area contributed by atoms with Crippen LogP contribution in [0.25, 0.3) is 0 Å². The Hall–Kier alpha value is -1.09. The predicted octanol–water partition coefficient (Wildman–Crippen LogP) is 3.11. The second kappa shape index (κ2) is 5.71. The van der Waals surface area contributed by atoms with Gasteiger partial charge in [-0.25, -0.2) is 4.98 Å². The molecule has 1 amide bonds. The third-order valence-electron chi connectivity index (χ3n) is 2.21. The van der Waals surface area contributed by atoms with Crippen molar-refractivity contribution in [3.63, 3.8) is 0 Å². The number of nitrogens with zero attached hydrogens (tertiary/aromatic N) is 1. The van der Waals surface area contributed by atoms with Gasteiger partial charge in [-0.2, -0.15) is 0 Å². The van der Waals surface area contributed by atoms with Crippen LogP contribution in [0.2, 0.25) is 5.15 Å². The van der Waals surface area contributed by atoms with Crippen LogP contribution >= 0.6 is 11.6 Å². The van der Waals surface area contributed by atoms with Crippen LogP contribution < -0.4 is 5.32 Å². The average Bonchev–Trinajstić information content (AvgIpc) is 2.17. The van der Waals surface area contributed by atoms with E-state index >= 15 is 0 Å². The Morgan fingerprint density at radius 1 is 1.60 bits per heavy atom. The number of aromatic nitrogens is 1. The van der Waals surface area contributed by atoms with E-state index in [2.05, 4.69) is 17.2 Å². The zero-order valence-electron chi connectivity index (χ0n) is 8.96. The van der Waals surface area contributed by atoms with Gasteiger partial charge in [0.1, 0.15) is 11.0 Å². The van der Waals surface area contributed by atoms with E-state index in [1.165, 1.54) is 0 Å². The fraction of sp³-hybridized carbons (Fsp3) is 0.455. The van der Waals surface area contributed by atoms with E-state index in [0.29, 0.717) is 23.3 Å². The molecule has 0 fully saturated rings. The molecule has 1 aromatic heterocycles. The number of anilines is 1. The van der Waals surface area contributed by atoms with Gasteiger partial charge in [0.2, 0.25) is 5.91 Å². The number of halogens is 1. The molecule has 0 radical (unpaired) electrons. The number of hydrogen-bond donors (Lipinski definition) is 1. The molecule has 0 spiro atoms. The van der Waals surface area contributed by atoms with E-state index in [1.54, 1.807) is 18.2 Å². The summed E-state index contributed by atoms with van der Waals surface area (Å²) in [6.07, 6.45) is 1.51. The molecule has 0 bridgehead atoms. The second-order valence-electron chi connectivity index (χ2n) is 3.61. The lowest BCUT2D eigenvalue weighted by Gasteiger charge is -2.08. The number of rotatable bonds is 4. The van der Waals surface area contributed by atoms with E-state index in [9.17, 15) is 4.79 Å². The minimum Gasteiger partial charge on any atom is -0.311 e. The number of pyridine rings is 1. The zero-order valence-corrected chi connectivity index (χ0v) is 9.71. The fourth-order valence-electron chi connectivity index (χ4n) is 1.13. The van der Waals surface area contributed by atoms with Gasteiger partial charge in [0.25, 0.3) is 0 Å². The van der Waals surface area contributed by atoms with Crippen molar-refractivity contribution in [3.8, 4) is 0 Å². The Bertz CT molecular complexity index is 341. The molecule has 0 aromatic carbocycles. The molecule has 82 valence electrons. The molecule has 1 aromatic rings. The van der Waals surface area contributed by atoms with Crippen molar-refractivity contribution >= 4 is 23.3 Å². The summed E-state index contributed by atoms with van der Waals surface area (Å²) in [6, 6.07) is 5.15. The van der Waals surface area contributed by atoms with Crippen LogP contribution in [0.3, 0.4) is 0 Å². The quantitative estimate of drug-likeness (QED) is 0.802. The van der Waals surface area contributed by atoms with E-state index < -0.39 is 0 Å². The van der Waals surface area contributed by atoms with Gasteiger partial charge >= 0.3 is 0 Å². The lowest BCUT2D eigenvalue weighted by Crippen LogP contribution is -2.15. The van der Waals surface area contributed by atoms with Crippen LogP contribution in [0.4, 0.5) is 5.82 Å². The SMILES string of the molecule is CCC(C)CC(=O)Nc1cccc(Cl)n1. The summed E-state index contributed by atoms with van der Waals surface area (Å²) in [5.41, 5.74) is 0. The van der Waals surface area contributed by atoms with Crippen LogP contribution in [0.5, 0.6) is 0 Å². The maximum atomic E-state index is 11.5. The number of carbonyl (C=O) groups excluding carboxylic acids is 1. The topological polar surface area (TPSA) is 42.0 Å². The van der Waals surface area contributed by atoms with Crippen molar-refractivity contribution in [1.82, 2.24) is 4.98 Å². The lowest BCUT2D eigenvalue weighted by molar-refractivity contribution is -0.117. The third-order valence-corrected chi connectivity index (χ3v) is 2.42. The fourth-order valence-corrected chi connectivity index (χ4v) is 1.30. The lowest BCUT2D eigenvalue weighted by atomic mass is 10.1. The molecule has 1 N–H and O–H groups in total. The molecule has 4 heteroatoms. The molecule has 0 aliphatic carbocycles. The van der Waals surface area contributed by atoms with Crippen molar-refractivity contribution in [1.29, 1.82) is 0 Å². The Labute approximate surface area is 94.9 Å². The van der Waals surface area contributed by atoms with Crippen LogP contribution in [-0.2, 0) is 4.79 Å². The minimum absolute atomic E-state index is 0.0147. The number of nitrogens with one attached hydrogen (secondary N) is 1. The van der Waals surface area contributed by atoms with Crippen molar-refractivity contribution in [2.24, 2.45) is 5.92 Å². The first-order chi connectivity index (χ1) is 7.11. The highest BCUT2D eigenvalue weighted by Crippen LogP contribution is 2.11. The first kappa shape index (κ1) is 12.0. The van der Waals surface area contributed by atoms with Crippen LogP contribution in [0.15, 0.2) is 18.2 Å². The first-order valence-corrected chi connectivity index (χ1v) is 5.42. The van der Waals surface area contributed by atoms with Crippen LogP contribution in [0.1, 0.15) is 26.7 Å². The summed E-state index contributed by atoms with van der Waals surface area (Å²) in [6.45, 7) is 4.11. The van der Waals surface area contributed by atoms with Crippen LogP contribution in [-0.4, -0.2) is 10.9 Å². The molecule has 3 nitrogen and oxygen atoms in total. The third kappa shape index (κ3) is 4.30. The maximum absolute atomic E-state index is 11.5. The molecule has 1 heterocycles. The predicted molar refractivity (Wildman–Crippen MR) is 61.9 cm³/mol. The molecular formula is C11H15ClN2O. The van der Waals surface area contributed by atoms with Crippen molar-refractivity contribution in [3.05, 3.63) is 23.4 Å². The van der Waals surface area contributed by atoms with Gasteiger partial charge in [-0.05, 0) is 18.1 Å². The van der Waals surface area contributed by atoms with Gasteiger partial charge in [0.15, 0.2) is 0 Å². The van der Waals surface area contributed by atoms with Crippen molar-refractivity contribution < 1.29 is 4.79 Å². The summed E-state index contributed by atoms with van der Waals surface area (Å²) >= 11 is 5.70.